The van der Waals surface area contributed by atoms with Gasteiger partial charge in [-0.2, -0.15) is 0 Å². The van der Waals surface area contributed by atoms with Crippen LogP contribution in [-0.4, -0.2) is 32.4 Å². The van der Waals surface area contributed by atoms with Gasteiger partial charge < -0.3 is 12.3 Å². The molecule has 9 heteroatoms. The SMILES string of the molecule is C[Si](C)(Cl)O[Si](C)(C)O[Si](C)(O[Si](C)(C)Cl)c1ccccc1. The maximum atomic E-state index is 6.50. The van der Waals surface area contributed by atoms with Gasteiger partial charge in [-0.3, -0.25) is 0 Å². The van der Waals surface area contributed by atoms with Crippen molar-refractivity contribution in [2.24, 2.45) is 0 Å². The minimum atomic E-state index is -2.67. The van der Waals surface area contributed by atoms with Gasteiger partial charge in [0, 0.05) is 0 Å². The average Bonchev–Trinajstić information content (AvgIpc) is 2.22. The zero-order valence-corrected chi connectivity index (χ0v) is 19.9. The van der Waals surface area contributed by atoms with Gasteiger partial charge in [0.2, 0.25) is 0 Å². The lowest BCUT2D eigenvalue weighted by Gasteiger charge is -2.40. The summed E-state index contributed by atoms with van der Waals surface area (Å²) in [4.78, 5) is 0. The number of hydrogen-bond acceptors (Lipinski definition) is 3. The van der Waals surface area contributed by atoms with E-state index in [0.29, 0.717) is 0 Å². The van der Waals surface area contributed by atoms with Gasteiger partial charge in [0.25, 0.3) is 15.3 Å². The highest BCUT2D eigenvalue weighted by Gasteiger charge is 2.47. The Morgan fingerprint density at radius 1 is 0.682 bits per heavy atom. The van der Waals surface area contributed by atoms with Gasteiger partial charge in [-0.05, 0) is 51.0 Å². The molecule has 0 bridgehead atoms. The Kier molecular flexibility index (Phi) is 6.74. The monoisotopic (exact) mass is 412 g/mol. The van der Waals surface area contributed by atoms with Gasteiger partial charge in [-0.25, -0.2) is 0 Å². The molecule has 0 aliphatic carbocycles. The Hall–Kier alpha value is 0.548. The van der Waals surface area contributed by atoms with Gasteiger partial charge in [-0.1, -0.05) is 30.3 Å². The summed E-state index contributed by atoms with van der Waals surface area (Å²) in [5.74, 6) is 0. The smallest absolute Gasteiger partial charge is 0.351 e. The van der Waals surface area contributed by atoms with E-state index in [9.17, 15) is 0 Å². The summed E-state index contributed by atoms with van der Waals surface area (Å²) in [6.07, 6.45) is 0. The van der Waals surface area contributed by atoms with E-state index in [2.05, 4.69) is 0 Å². The minimum Gasteiger partial charge on any atom is -0.425 e. The van der Waals surface area contributed by atoms with Crippen LogP contribution in [0.2, 0.25) is 45.8 Å². The number of halogens is 2. The van der Waals surface area contributed by atoms with Crippen molar-refractivity contribution in [3.63, 3.8) is 0 Å². The largest absolute Gasteiger partial charge is 0.425 e. The first-order valence-corrected chi connectivity index (χ1v) is 20.2. The van der Waals surface area contributed by atoms with Crippen LogP contribution in [-0.2, 0) is 12.3 Å². The van der Waals surface area contributed by atoms with Crippen molar-refractivity contribution < 1.29 is 12.3 Å². The van der Waals surface area contributed by atoms with Gasteiger partial charge >= 0.3 is 17.1 Å². The molecule has 0 saturated heterocycles. The van der Waals surface area contributed by atoms with Crippen LogP contribution in [0, 0.1) is 0 Å². The van der Waals surface area contributed by atoms with E-state index < -0.39 is 32.4 Å². The predicted octanol–water partition coefficient (Wildman–Crippen LogP) is 4.60. The molecule has 0 N–H and O–H groups in total. The van der Waals surface area contributed by atoms with Crippen molar-refractivity contribution in [1.29, 1.82) is 0 Å². The summed E-state index contributed by atoms with van der Waals surface area (Å²) in [5, 5.41) is 1.06. The van der Waals surface area contributed by atoms with Crippen molar-refractivity contribution in [3.8, 4) is 0 Å². The lowest BCUT2D eigenvalue weighted by molar-refractivity contribution is 0.343. The Labute approximate surface area is 148 Å². The Bertz CT molecular complexity index is 488. The van der Waals surface area contributed by atoms with Crippen LogP contribution in [0.4, 0.5) is 0 Å². The third kappa shape index (κ3) is 7.41. The standard InChI is InChI=1S/C13H26Cl2O3Si4/c1-19(2,14)16-21(5,6)18-22(7,17-20(3,4)15)13-11-9-8-10-12-13/h8-12H,1-7H3. The fourth-order valence-corrected chi connectivity index (χ4v) is 20.4. The van der Waals surface area contributed by atoms with E-state index in [1.807, 2.05) is 76.2 Å². The maximum Gasteiger partial charge on any atom is 0.351 e. The fraction of sp³-hybridized carbons (Fsp3) is 0.538. The Morgan fingerprint density at radius 2 is 1.14 bits per heavy atom. The molecular formula is C13H26Cl2O3Si4. The normalized spacial score (nSPS) is 16.4. The van der Waals surface area contributed by atoms with Crippen LogP contribution in [0.3, 0.4) is 0 Å². The van der Waals surface area contributed by atoms with Gasteiger partial charge in [0.1, 0.15) is 0 Å². The second-order valence-corrected chi connectivity index (χ2v) is 25.4. The van der Waals surface area contributed by atoms with Gasteiger partial charge in [0.15, 0.2) is 0 Å². The molecule has 0 saturated carbocycles. The molecular weight excluding hydrogens is 387 g/mol. The summed E-state index contributed by atoms with van der Waals surface area (Å²) < 4.78 is 18.9. The molecule has 0 aliphatic heterocycles. The van der Waals surface area contributed by atoms with E-state index in [1.165, 1.54) is 0 Å². The molecule has 0 heterocycles. The first-order valence-electron chi connectivity index (χ1n) is 7.26. The third-order valence-corrected chi connectivity index (χ3v) is 16.4. The van der Waals surface area contributed by atoms with Crippen molar-refractivity contribution in [1.82, 2.24) is 0 Å². The molecule has 22 heavy (non-hydrogen) atoms. The van der Waals surface area contributed by atoms with Crippen LogP contribution in [0.25, 0.3) is 0 Å². The predicted molar refractivity (Wildman–Crippen MR) is 105 cm³/mol. The zero-order chi connectivity index (χ0) is 17.2. The molecule has 0 radical (unpaired) electrons. The highest BCUT2D eigenvalue weighted by Crippen LogP contribution is 2.26. The molecule has 0 spiro atoms. The quantitative estimate of drug-likeness (QED) is 0.483. The molecule has 1 aromatic rings. The summed E-state index contributed by atoms with van der Waals surface area (Å²) in [7, 11) is -9.57. The molecule has 1 atom stereocenters. The molecule has 0 fully saturated rings. The third-order valence-electron chi connectivity index (χ3n) is 2.66. The molecule has 1 unspecified atom stereocenters. The number of benzene rings is 1. The van der Waals surface area contributed by atoms with E-state index in [0.717, 1.165) is 5.19 Å². The second-order valence-electron chi connectivity index (χ2n) is 6.74. The molecule has 0 amide bonds. The van der Waals surface area contributed by atoms with Crippen LogP contribution in [0.15, 0.2) is 30.3 Å². The maximum absolute atomic E-state index is 6.50. The Morgan fingerprint density at radius 3 is 1.55 bits per heavy atom. The van der Waals surface area contributed by atoms with E-state index in [4.69, 9.17) is 34.5 Å². The fourth-order valence-electron chi connectivity index (χ4n) is 2.42. The highest BCUT2D eigenvalue weighted by molar-refractivity contribution is 7.19. The lowest BCUT2D eigenvalue weighted by atomic mass is 10.4. The van der Waals surface area contributed by atoms with Crippen LogP contribution < -0.4 is 5.19 Å². The molecule has 126 valence electrons. The number of hydrogen-bond donors (Lipinski definition) is 0. The first-order chi connectivity index (χ1) is 9.73. The summed E-state index contributed by atoms with van der Waals surface area (Å²) in [5.41, 5.74) is 0. The van der Waals surface area contributed by atoms with Crippen molar-refractivity contribution in [3.05, 3.63) is 30.3 Å². The number of rotatable bonds is 7. The van der Waals surface area contributed by atoms with Crippen LogP contribution >= 0.6 is 22.2 Å². The van der Waals surface area contributed by atoms with E-state index in [-0.39, 0.29) is 0 Å². The topological polar surface area (TPSA) is 27.7 Å². The summed E-state index contributed by atoms with van der Waals surface area (Å²) in [6, 6.07) is 10.0. The highest BCUT2D eigenvalue weighted by atomic mass is 35.6. The first kappa shape index (κ1) is 20.6. The van der Waals surface area contributed by atoms with Crippen LogP contribution in [0.5, 0.6) is 0 Å². The summed E-state index contributed by atoms with van der Waals surface area (Å²) in [6.45, 7) is 13.9. The summed E-state index contributed by atoms with van der Waals surface area (Å²) >= 11 is 12.8. The average molecular weight is 414 g/mol. The molecule has 0 aromatic heterocycles. The van der Waals surface area contributed by atoms with E-state index in [1.54, 1.807) is 0 Å². The van der Waals surface area contributed by atoms with Crippen LogP contribution in [0.1, 0.15) is 0 Å². The van der Waals surface area contributed by atoms with Gasteiger partial charge in [-0.15, -0.1) is 22.2 Å². The van der Waals surface area contributed by atoms with Crippen molar-refractivity contribution in [2.45, 2.75) is 45.8 Å². The molecule has 1 aromatic carbocycles. The lowest BCUT2D eigenvalue weighted by Crippen LogP contribution is -2.62. The molecule has 1 rings (SSSR count). The van der Waals surface area contributed by atoms with Gasteiger partial charge in [0.05, 0.1) is 0 Å². The van der Waals surface area contributed by atoms with E-state index >= 15 is 0 Å². The zero-order valence-electron chi connectivity index (χ0n) is 14.4. The minimum absolute atomic E-state index is 1.06. The molecule has 0 aliphatic rings. The Balaban J connectivity index is 3.12. The second kappa shape index (κ2) is 7.20. The molecule has 3 nitrogen and oxygen atoms in total. The van der Waals surface area contributed by atoms with Crippen molar-refractivity contribution in [2.75, 3.05) is 0 Å². The van der Waals surface area contributed by atoms with Crippen molar-refractivity contribution >= 4 is 59.7 Å².